The van der Waals surface area contributed by atoms with E-state index in [4.69, 9.17) is 14.8 Å². The molecule has 146 valence electrons. The van der Waals surface area contributed by atoms with E-state index in [0.29, 0.717) is 31.2 Å². The van der Waals surface area contributed by atoms with Crippen LogP contribution in [0, 0.1) is 6.92 Å². The number of carbonyl (C=O) groups excluding carboxylic acids is 1. The van der Waals surface area contributed by atoms with Crippen LogP contribution in [0.15, 0.2) is 24.3 Å². The van der Waals surface area contributed by atoms with E-state index < -0.39 is 0 Å². The van der Waals surface area contributed by atoms with Gasteiger partial charge >= 0.3 is 0 Å². The summed E-state index contributed by atoms with van der Waals surface area (Å²) in [5, 5.41) is 7.75. The van der Waals surface area contributed by atoms with E-state index in [1.165, 1.54) is 19.3 Å². The lowest BCUT2D eigenvalue weighted by Gasteiger charge is -2.23. The minimum Gasteiger partial charge on any atom is -0.384 e. The Labute approximate surface area is 161 Å². The molecule has 1 fully saturated rings. The van der Waals surface area contributed by atoms with Crippen molar-refractivity contribution in [1.82, 2.24) is 20.1 Å². The van der Waals surface area contributed by atoms with Crippen LogP contribution in [0.1, 0.15) is 65.7 Å². The summed E-state index contributed by atoms with van der Waals surface area (Å²) >= 11 is 0. The maximum atomic E-state index is 12.3. The number of methoxy groups -OCH3 is 1. The summed E-state index contributed by atoms with van der Waals surface area (Å²) < 4.78 is 7.28. The molecular weight excluding hydrogens is 340 g/mol. The average Bonchev–Trinajstić information content (AvgIpc) is 3.10. The lowest BCUT2D eigenvalue weighted by molar-refractivity contribution is 0.0954. The molecule has 0 bridgehead atoms. The van der Waals surface area contributed by atoms with Crippen molar-refractivity contribution >= 4 is 5.91 Å². The van der Waals surface area contributed by atoms with Crippen LogP contribution < -0.4 is 5.32 Å². The Morgan fingerprint density at radius 1 is 1.19 bits per heavy atom. The molecule has 1 amide bonds. The molecule has 6 heteroatoms. The van der Waals surface area contributed by atoms with E-state index in [1.54, 1.807) is 7.11 Å². The highest BCUT2D eigenvalue weighted by Gasteiger charge is 2.21. The summed E-state index contributed by atoms with van der Waals surface area (Å²) in [6, 6.07) is 8.06. The molecule has 1 N–H and O–H groups in total. The first-order valence-electron chi connectivity index (χ1n) is 9.95. The van der Waals surface area contributed by atoms with E-state index in [2.05, 4.69) is 10.00 Å². The average molecular weight is 370 g/mol. The predicted octanol–water partition coefficient (Wildman–Crippen LogP) is 3.25. The second kappa shape index (κ2) is 9.65. The Kier molecular flexibility index (Phi) is 6.98. The third kappa shape index (κ3) is 5.39. The number of nitrogens with one attached hydrogen (secondary N) is 1. The topological polar surface area (TPSA) is 69.0 Å². The standard InChI is InChI=1S/C21H30N4O2/c1-16-8-10-17(11-9-16)21(26)22-14-12-20-23-19(13-15-27-2)24-25(20)18-6-4-3-5-7-18/h8-11,18H,3-7,12-15H2,1-2H3,(H,22,26). The Morgan fingerprint density at radius 3 is 2.63 bits per heavy atom. The normalized spacial score (nSPS) is 15.0. The summed E-state index contributed by atoms with van der Waals surface area (Å²) in [4.78, 5) is 17.0. The molecule has 3 rings (SSSR count). The largest absolute Gasteiger partial charge is 0.384 e. The van der Waals surface area contributed by atoms with Gasteiger partial charge in [-0.3, -0.25) is 4.79 Å². The predicted molar refractivity (Wildman–Crippen MR) is 105 cm³/mol. The number of nitrogens with zero attached hydrogens (tertiary/aromatic N) is 3. The van der Waals surface area contributed by atoms with Gasteiger partial charge in [-0.2, -0.15) is 5.10 Å². The lowest BCUT2D eigenvalue weighted by atomic mass is 9.95. The Hall–Kier alpha value is -2.21. The Balaban J connectivity index is 1.62. The number of carbonyl (C=O) groups is 1. The van der Waals surface area contributed by atoms with Crippen molar-refractivity contribution in [2.24, 2.45) is 0 Å². The number of ether oxygens (including phenoxy) is 1. The van der Waals surface area contributed by atoms with Gasteiger partial charge in [0.25, 0.3) is 5.91 Å². The van der Waals surface area contributed by atoms with Gasteiger partial charge in [0.15, 0.2) is 5.82 Å². The van der Waals surface area contributed by atoms with Crippen LogP contribution in [0.4, 0.5) is 0 Å². The Morgan fingerprint density at radius 2 is 1.93 bits per heavy atom. The number of aryl methyl sites for hydroxylation is 1. The van der Waals surface area contributed by atoms with Gasteiger partial charge in [-0.25, -0.2) is 9.67 Å². The van der Waals surface area contributed by atoms with E-state index in [9.17, 15) is 4.79 Å². The van der Waals surface area contributed by atoms with Crippen molar-refractivity contribution in [2.45, 2.75) is 57.9 Å². The van der Waals surface area contributed by atoms with Crippen molar-refractivity contribution in [3.05, 3.63) is 47.0 Å². The first kappa shape index (κ1) is 19.5. The minimum absolute atomic E-state index is 0.0432. The molecule has 1 aromatic heterocycles. The maximum Gasteiger partial charge on any atom is 0.251 e. The number of hydrogen-bond donors (Lipinski definition) is 1. The van der Waals surface area contributed by atoms with Crippen LogP contribution in [0.5, 0.6) is 0 Å². The summed E-state index contributed by atoms with van der Waals surface area (Å²) in [6.45, 7) is 3.20. The first-order valence-corrected chi connectivity index (χ1v) is 9.95. The van der Waals surface area contributed by atoms with Crippen molar-refractivity contribution in [3.8, 4) is 0 Å². The van der Waals surface area contributed by atoms with Crippen LogP contribution in [0.2, 0.25) is 0 Å². The fourth-order valence-corrected chi connectivity index (χ4v) is 3.59. The molecule has 0 atom stereocenters. The van der Waals surface area contributed by atoms with E-state index in [1.807, 2.05) is 31.2 Å². The van der Waals surface area contributed by atoms with Gasteiger partial charge in [0.2, 0.25) is 0 Å². The van der Waals surface area contributed by atoms with Crippen molar-refractivity contribution in [1.29, 1.82) is 0 Å². The van der Waals surface area contributed by atoms with Gasteiger partial charge in [0.1, 0.15) is 5.82 Å². The van der Waals surface area contributed by atoms with E-state index in [-0.39, 0.29) is 5.91 Å². The molecular formula is C21H30N4O2. The molecule has 6 nitrogen and oxygen atoms in total. The zero-order valence-corrected chi connectivity index (χ0v) is 16.4. The second-order valence-electron chi connectivity index (χ2n) is 7.30. The SMILES string of the molecule is COCCc1nc(CCNC(=O)c2ccc(C)cc2)n(C2CCCCC2)n1. The van der Waals surface area contributed by atoms with E-state index >= 15 is 0 Å². The third-order valence-electron chi connectivity index (χ3n) is 5.14. The quantitative estimate of drug-likeness (QED) is 0.774. The van der Waals surface area contributed by atoms with Gasteiger partial charge in [-0.15, -0.1) is 0 Å². The summed E-state index contributed by atoms with van der Waals surface area (Å²) in [5.74, 6) is 1.76. The second-order valence-corrected chi connectivity index (χ2v) is 7.30. The smallest absolute Gasteiger partial charge is 0.251 e. The molecule has 0 spiro atoms. The van der Waals surface area contributed by atoms with Gasteiger partial charge in [-0.1, -0.05) is 37.0 Å². The maximum absolute atomic E-state index is 12.3. The van der Waals surface area contributed by atoms with Gasteiger partial charge in [0, 0.05) is 32.1 Å². The zero-order valence-electron chi connectivity index (χ0n) is 16.4. The first-order chi connectivity index (χ1) is 13.2. The number of amides is 1. The zero-order chi connectivity index (χ0) is 19.1. The molecule has 0 saturated heterocycles. The molecule has 0 radical (unpaired) electrons. The van der Waals surface area contributed by atoms with Crippen LogP contribution >= 0.6 is 0 Å². The van der Waals surface area contributed by atoms with Crippen LogP contribution in [-0.4, -0.2) is 40.9 Å². The summed E-state index contributed by atoms with van der Waals surface area (Å²) in [7, 11) is 1.69. The highest BCUT2D eigenvalue weighted by molar-refractivity contribution is 5.94. The molecule has 1 aromatic carbocycles. The van der Waals surface area contributed by atoms with Crippen molar-refractivity contribution in [2.75, 3.05) is 20.3 Å². The molecule has 0 aliphatic heterocycles. The van der Waals surface area contributed by atoms with Gasteiger partial charge < -0.3 is 10.1 Å². The molecule has 1 saturated carbocycles. The third-order valence-corrected chi connectivity index (χ3v) is 5.14. The monoisotopic (exact) mass is 370 g/mol. The summed E-state index contributed by atoms with van der Waals surface area (Å²) in [6.07, 6.45) is 7.55. The fraction of sp³-hybridized carbons (Fsp3) is 0.571. The number of rotatable bonds is 8. The molecule has 0 unspecified atom stereocenters. The number of hydrogen-bond acceptors (Lipinski definition) is 4. The van der Waals surface area contributed by atoms with E-state index in [0.717, 1.165) is 36.5 Å². The Bertz CT molecular complexity index is 733. The highest BCUT2D eigenvalue weighted by atomic mass is 16.5. The molecule has 2 aromatic rings. The molecule has 1 heterocycles. The van der Waals surface area contributed by atoms with Gasteiger partial charge in [0.05, 0.1) is 12.6 Å². The molecule has 1 aliphatic carbocycles. The van der Waals surface area contributed by atoms with Crippen molar-refractivity contribution < 1.29 is 9.53 Å². The number of benzene rings is 1. The molecule has 1 aliphatic rings. The minimum atomic E-state index is -0.0432. The highest BCUT2D eigenvalue weighted by Crippen LogP contribution is 2.28. The van der Waals surface area contributed by atoms with Crippen LogP contribution in [0.3, 0.4) is 0 Å². The lowest BCUT2D eigenvalue weighted by Crippen LogP contribution is -2.27. The fourth-order valence-electron chi connectivity index (χ4n) is 3.59. The molecule has 27 heavy (non-hydrogen) atoms. The number of aromatic nitrogens is 3. The van der Waals surface area contributed by atoms with Gasteiger partial charge in [-0.05, 0) is 31.9 Å². The van der Waals surface area contributed by atoms with Crippen LogP contribution in [0.25, 0.3) is 0 Å². The van der Waals surface area contributed by atoms with Crippen LogP contribution in [-0.2, 0) is 17.6 Å². The van der Waals surface area contributed by atoms with Crippen molar-refractivity contribution in [3.63, 3.8) is 0 Å². The summed E-state index contributed by atoms with van der Waals surface area (Å²) in [5.41, 5.74) is 1.84.